The van der Waals surface area contributed by atoms with E-state index in [1.54, 1.807) is 11.8 Å². The number of benzene rings is 2. The van der Waals surface area contributed by atoms with Gasteiger partial charge in [-0.25, -0.2) is 0 Å². The van der Waals surface area contributed by atoms with E-state index in [4.69, 9.17) is 33.3 Å². The number of thiocarbonyl (C=S) groups is 1. The molecule has 2 heterocycles. The van der Waals surface area contributed by atoms with Gasteiger partial charge in [0.25, 0.3) is 5.89 Å². The average Bonchev–Trinajstić information content (AvgIpc) is 3.31. The van der Waals surface area contributed by atoms with Gasteiger partial charge in [0.2, 0.25) is 5.82 Å². The Hall–Kier alpha value is -2.35. The second kappa shape index (κ2) is 10.7. The number of nitrogens with one attached hydrogen (secondary N) is 1. The van der Waals surface area contributed by atoms with E-state index in [1.165, 1.54) is 4.90 Å². The normalized spacial score (nSPS) is 16.3. The van der Waals surface area contributed by atoms with E-state index in [9.17, 15) is 0 Å². The fourth-order valence-corrected chi connectivity index (χ4v) is 4.92. The van der Waals surface area contributed by atoms with Crippen molar-refractivity contribution in [3.8, 4) is 11.4 Å². The lowest BCUT2D eigenvalue weighted by Gasteiger charge is -2.37. The van der Waals surface area contributed by atoms with E-state index in [2.05, 4.69) is 59.7 Å². The van der Waals surface area contributed by atoms with Crippen molar-refractivity contribution >= 4 is 46.3 Å². The zero-order valence-corrected chi connectivity index (χ0v) is 21.4. The van der Waals surface area contributed by atoms with Gasteiger partial charge in [-0.2, -0.15) is 4.98 Å². The summed E-state index contributed by atoms with van der Waals surface area (Å²) in [4.78, 5) is 8.11. The van der Waals surface area contributed by atoms with Crippen molar-refractivity contribution in [3.63, 3.8) is 0 Å². The minimum Gasteiger partial charge on any atom is -0.351 e. The number of nitrogens with zero attached hydrogens (tertiary/aromatic N) is 3. The van der Waals surface area contributed by atoms with Crippen LogP contribution in [0.15, 0.2) is 63.6 Å². The number of thioether (sulfide) groups is 1. The molecule has 0 saturated carbocycles. The summed E-state index contributed by atoms with van der Waals surface area (Å²) in [5, 5.41) is 9.13. The number of allylic oxidation sites excluding steroid dienone is 1. The van der Waals surface area contributed by atoms with Gasteiger partial charge < -0.3 is 14.7 Å². The van der Waals surface area contributed by atoms with Crippen LogP contribution in [0.5, 0.6) is 0 Å². The topological polar surface area (TPSA) is 54.2 Å². The van der Waals surface area contributed by atoms with Gasteiger partial charge >= 0.3 is 0 Å². The maximum atomic E-state index is 6.17. The quantitative estimate of drug-likeness (QED) is 0.204. The second-order valence-corrected chi connectivity index (χ2v) is 9.65. The Kier molecular flexibility index (Phi) is 7.73. The van der Waals surface area contributed by atoms with E-state index in [0.717, 1.165) is 53.3 Å². The van der Waals surface area contributed by atoms with Crippen LogP contribution in [0.4, 0.5) is 0 Å². The number of aromatic nitrogens is 2. The van der Waals surface area contributed by atoms with Crippen molar-refractivity contribution in [2.75, 3.05) is 12.8 Å². The first kappa shape index (κ1) is 23.8. The molecule has 0 amide bonds. The molecule has 8 heteroatoms. The molecular formula is C25H27ClN4OS2. The third-order valence-electron chi connectivity index (χ3n) is 5.77. The third-order valence-corrected chi connectivity index (χ3v) is 7.09. The molecule has 2 aromatic carbocycles. The van der Waals surface area contributed by atoms with E-state index < -0.39 is 0 Å². The molecular weight excluding hydrogens is 472 g/mol. The van der Waals surface area contributed by atoms with Crippen LogP contribution >= 0.6 is 35.6 Å². The largest absolute Gasteiger partial charge is 0.351 e. The standard InChI is InChI=1S/C25H27ClN4OS2/c1-4-5-6-14-30-16(2)21(22(27-25(30)32)17-10-12-20(33-3)13-11-17)24-28-23(29-31-24)18-8-7-9-19(26)15-18/h7-13,15,22H,4-6,14H2,1-3H3,(H,27,32). The van der Waals surface area contributed by atoms with Crippen LogP contribution in [0.3, 0.4) is 0 Å². The molecule has 5 nitrogen and oxygen atoms in total. The van der Waals surface area contributed by atoms with E-state index >= 15 is 0 Å². The Morgan fingerprint density at radius 3 is 2.67 bits per heavy atom. The van der Waals surface area contributed by atoms with Crippen molar-refractivity contribution in [2.45, 2.75) is 44.0 Å². The van der Waals surface area contributed by atoms with Crippen molar-refractivity contribution in [2.24, 2.45) is 0 Å². The number of hydrogen-bond acceptors (Lipinski definition) is 5. The molecule has 33 heavy (non-hydrogen) atoms. The summed E-state index contributed by atoms with van der Waals surface area (Å²) in [6, 6.07) is 15.8. The van der Waals surface area contributed by atoms with Gasteiger partial charge in [0, 0.05) is 27.7 Å². The first-order valence-corrected chi connectivity index (χ1v) is 13.1. The highest BCUT2D eigenvalue weighted by atomic mass is 35.5. The monoisotopic (exact) mass is 498 g/mol. The molecule has 1 aliphatic rings. The zero-order chi connectivity index (χ0) is 23.4. The van der Waals surface area contributed by atoms with Gasteiger partial charge in [-0.1, -0.05) is 60.8 Å². The minimum atomic E-state index is -0.177. The molecule has 0 saturated heterocycles. The highest BCUT2D eigenvalue weighted by molar-refractivity contribution is 7.98. The summed E-state index contributed by atoms with van der Waals surface area (Å²) < 4.78 is 5.80. The van der Waals surface area contributed by atoms with Crippen molar-refractivity contribution in [3.05, 3.63) is 70.7 Å². The number of halogens is 1. The molecule has 0 spiro atoms. The van der Waals surface area contributed by atoms with Gasteiger partial charge in [-0.05, 0) is 61.6 Å². The predicted molar refractivity (Wildman–Crippen MR) is 140 cm³/mol. The van der Waals surface area contributed by atoms with E-state index in [1.807, 2.05) is 24.3 Å². The van der Waals surface area contributed by atoms with Crippen LogP contribution < -0.4 is 5.32 Å². The SMILES string of the molecule is CCCCCN1C(=S)NC(c2ccc(SC)cc2)C(c2nc(-c3cccc(Cl)c3)no2)=C1C. The Morgan fingerprint density at radius 1 is 1.18 bits per heavy atom. The first-order valence-electron chi connectivity index (χ1n) is 11.0. The number of unbranched alkanes of at least 4 members (excludes halogenated alkanes) is 2. The summed E-state index contributed by atoms with van der Waals surface area (Å²) in [7, 11) is 0. The maximum Gasteiger partial charge on any atom is 0.258 e. The average molecular weight is 499 g/mol. The van der Waals surface area contributed by atoms with E-state index in [0.29, 0.717) is 16.7 Å². The summed E-state index contributed by atoms with van der Waals surface area (Å²) in [6.45, 7) is 5.13. The number of hydrogen-bond donors (Lipinski definition) is 1. The molecule has 1 aromatic heterocycles. The van der Waals surface area contributed by atoms with Crippen molar-refractivity contribution in [1.29, 1.82) is 0 Å². The first-order chi connectivity index (χ1) is 16.0. The Labute approximate surface area is 209 Å². The fraction of sp³-hybridized carbons (Fsp3) is 0.320. The lowest BCUT2D eigenvalue weighted by Crippen LogP contribution is -2.46. The third kappa shape index (κ3) is 5.26. The Balaban J connectivity index is 1.76. The van der Waals surface area contributed by atoms with Gasteiger partial charge in [-0.15, -0.1) is 11.8 Å². The van der Waals surface area contributed by atoms with Crippen LogP contribution in [0.25, 0.3) is 17.0 Å². The maximum absolute atomic E-state index is 6.17. The summed E-state index contributed by atoms with van der Waals surface area (Å²) >= 11 is 13.7. The molecule has 172 valence electrons. The molecule has 0 radical (unpaired) electrons. The smallest absolute Gasteiger partial charge is 0.258 e. The molecule has 1 aliphatic heterocycles. The van der Waals surface area contributed by atoms with Crippen LogP contribution in [0, 0.1) is 0 Å². The van der Waals surface area contributed by atoms with Gasteiger partial charge in [-0.3, -0.25) is 0 Å². The molecule has 0 fully saturated rings. The van der Waals surface area contributed by atoms with Crippen LogP contribution in [-0.4, -0.2) is 33.0 Å². The predicted octanol–water partition coefficient (Wildman–Crippen LogP) is 6.96. The van der Waals surface area contributed by atoms with Crippen LogP contribution in [0.2, 0.25) is 5.02 Å². The second-order valence-electron chi connectivity index (χ2n) is 7.95. The Bertz CT molecular complexity index is 1160. The molecule has 4 rings (SSSR count). The highest BCUT2D eigenvalue weighted by Crippen LogP contribution is 2.38. The molecule has 0 aliphatic carbocycles. The lowest BCUT2D eigenvalue weighted by atomic mass is 9.94. The van der Waals surface area contributed by atoms with Gasteiger partial charge in [0.1, 0.15) is 0 Å². The van der Waals surface area contributed by atoms with Crippen molar-refractivity contribution < 1.29 is 4.52 Å². The molecule has 0 bridgehead atoms. The van der Waals surface area contributed by atoms with Gasteiger partial charge in [0.15, 0.2) is 5.11 Å². The molecule has 3 aromatic rings. The van der Waals surface area contributed by atoms with Crippen molar-refractivity contribution in [1.82, 2.24) is 20.4 Å². The van der Waals surface area contributed by atoms with E-state index in [-0.39, 0.29) is 6.04 Å². The summed E-state index contributed by atoms with van der Waals surface area (Å²) in [5.74, 6) is 0.992. The minimum absolute atomic E-state index is 0.177. The zero-order valence-electron chi connectivity index (χ0n) is 19.0. The molecule has 1 unspecified atom stereocenters. The summed E-state index contributed by atoms with van der Waals surface area (Å²) in [6.07, 6.45) is 5.44. The van der Waals surface area contributed by atoms with Crippen LogP contribution in [-0.2, 0) is 0 Å². The van der Waals surface area contributed by atoms with Crippen LogP contribution in [0.1, 0.15) is 50.6 Å². The summed E-state index contributed by atoms with van der Waals surface area (Å²) in [5.41, 5.74) is 3.89. The number of rotatable bonds is 8. The molecule has 1 atom stereocenters. The Morgan fingerprint density at radius 2 is 1.97 bits per heavy atom. The van der Waals surface area contributed by atoms with Gasteiger partial charge in [0.05, 0.1) is 11.6 Å². The molecule has 1 N–H and O–H groups in total. The highest BCUT2D eigenvalue weighted by Gasteiger charge is 2.33. The lowest BCUT2D eigenvalue weighted by molar-refractivity contribution is 0.395. The fourth-order valence-electron chi connectivity index (χ4n) is 3.97.